The van der Waals surface area contributed by atoms with Crippen molar-refractivity contribution >= 4 is 17.2 Å². The molecule has 4 nitrogen and oxygen atoms in total. The molecule has 2 rings (SSSR count). The van der Waals surface area contributed by atoms with Crippen LogP contribution in [0.1, 0.15) is 10.5 Å². The standard InChI is InChI=1S/C10H10N2O2/c1-12-10-7(8(6-13)11-12)4-3-5-9(10)14-2/h3-6H,1-2H3. The van der Waals surface area contributed by atoms with E-state index in [9.17, 15) is 4.79 Å². The first-order valence-electron chi connectivity index (χ1n) is 4.23. The Bertz CT molecular complexity index is 488. The first-order chi connectivity index (χ1) is 6.77. The lowest BCUT2D eigenvalue weighted by Gasteiger charge is -2.02. The Morgan fingerprint density at radius 3 is 2.93 bits per heavy atom. The van der Waals surface area contributed by atoms with Gasteiger partial charge >= 0.3 is 0 Å². The van der Waals surface area contributed by atoms with Crippen molar-refractivity contribution in [1.82, 2.24) is 9.78 Å². The van der Waals surface area contributed by atoms with E-state index in [1.807, 2.05) is 18.2 Å². The van der Waals surface area contributed by atoms with Crippen LogP contribution in [0.2, 0.25) is 0 Å². The van der Waals surface area contributed by atoms with Crippen molar-refractivity contribution in [3.05, 3.63) is 23.9 Å². The zero-order valence-corrected chi connectivity index (χ0v) is 8.02. The van der Waals surface area contributed by atoms with E-state index in [1.54, 1.807) is 18.8 Å². The van der Waals surface area contributed by atoms with E-state index >= 15 is 0 Å². The molecule has 14 heavy (non-hydrogen) atoms. The van der Waals surface area contributed by atoms with Gasteiger partial charge in [-0.25, -0.2) is 0 Å². The number of fused-ring (bicyclic) bond motifs is 1. The van der Waals surface area contributed by atoms with E-state index in [4.69, 9.17) is 4.74 Å². The van der Waals surface area contributed by atoms with Crippen LogP contribution in [0.4, 0.5) is 0 Å². The fraction of sp³-hybridized carbons (Fsp3) is 0.200. The molecular formula is C10H10N2O2. The van der Waals surface area contributed by atoms with Crippen LogP contribution in [0.15, 0.2) is 18.2 Å². The molecule has 0 fully saturated rings. The quantitative estimate of drug-likeness (QED) is 0.672. The highest BCUT2D eigenvalue weighted by Crippen LogP contribution is 2.26. The fourth-order valence-corrected chi connectivity index (χ4v) is 1.58. The van der Waals surface area contributed by atoms with E-state index in [1.165, 1.54) is 0 Å². The van der Waals surface area contributed by atoms with Crippen LogP contribution in [0.3, 0.4) is 0 Å². The topological polar surface area (TPSA) is 44.1 Å². The summed E-state index contributed by atoms with van der Waals surface area (Å²) in [6, 6.07) is 5.54. The van der Waals surface area contributed by atoms with E-state index in [0.717, 1.165) is 22.9 Å². The maximum Gasteiger partial charge on any atom is 0.170 e. The molecule has 72 valence electrons. The predicted molar refractivity (Wildman–Crippen MR) is 52.7 cm³/mol. The number of benzene rings is 1. The number of methoxy groups -OCH3 is 1. The molecule has 0 spiro atoms. The number of carbonyl (C=O) groups excluding carboxylic acids is 1. The van der Waals surface area contributed by atoms with Crippen molar-refractivity contribution < 1.29 is 9.53 Å². The summed E-state index contributed by atoms with van der Waals surface area (Å²) >= 11 is 0. The summed E-state index contributed by atoms with van der Waals surface area (Å²) in [5, 5.41) is 4.91. The molecule has 4 heteroatoms. The molecule has 0 aliphatic rings. The molecule has 0 radical (unpaired) electrons. The van der Waals surface area contributed by atoms with Crippen LogP contribution >= 0.6 is 0 Å². The van der Waals surface area contributed by atoms with E-state index < -0.39 is 0 Å². The number of hydrogen-bond donors (Lipinski definition) is 0. The van der Waals surface area contributed by atoms with Crippen LogP contribution in [0.5, 0.6) is 5.75 Å². The summed E-state index contributed by atoms with van der Waals surface area (Å²) in [4.78, 5) is 10.7. The highest BCUT2D eigenvalue weighted by atomic mass is 16.5. The maximum absolute atomic E-state index is 10.7. The van der Waals surface area contributed by atoms with Crippen LogP contribution in [-0.4, -0.2) is 23.2 Å². The van der Waals surface area contributed by atoms with Gasteiger partial charge in [-0.05, 0) is 6.07 Å². The van der Waals surface area contributed by atoms with Gasteiger partial charge in [0, 0.05) is 12.4 Å². The summed E-state index contributed by atoms with van der Waals surface area (Å²) < 4.78 is 6.84. The summed E-state index contributed by atoms with van der Waals surface area (Å²) in [5.41, 5.74) is 1.29. The molecule has 0 aliphatic carbocycles. The molecule has 1 aromatic carbocycles. The second-order valence-electron chi connectivity index (χ2n) is 2.98. The Balaban J connectivity index is 2.87. The minimum Gasteiger partial charge on any atom is -0.494 e. The van der Waals surface area contributed by atoms with Gasteiger partial charge < -0.3 is 4.74 Å². The summed E-state index contributed by atoms with van der Waals surface area (Å²) in [5.74, 6) is 0.727. The molecule has 0 aliphatic heterocycles. The van der Waals surface area contributed by atoms with Crippen molar-refractivity contribution in [1.29, 1.82) is 0 Å². The Kier molecular flexibility index (Phi) is 1.96. The predicted octanol–water partition coefficient (Wildman–Crippen LogP) is 1.39. The lowest BCUT2D eigenvalue weighted by Crippen LogP contribution is -1.93. The summed E-state index contributed by atoms with van der Waals surface area (Å²) in [7, 11) is 3.39. The van der Waals surface area contributed by atoms with Crippen molar-refractivity contribution in [2.24, 2.45) is 7.05 Å². The molecule has 0 saturated carbocycles. The highest BCUT2D eigenvalue weighted by molar-refractivity contribution is 5.97. The van der Waals surface area contributed by atoms with Crippen LogP contribution in [-0.2, 0) is 7.05 Å². The molecular weight excluding hydrogens is 180 g/mol. The Hall–Kier alpha value is -1.84. The average molecular weight is 190 g/mol. The molecule has 0 amide bonds. The van der Waals surface area contributed by atoms with Crippen molar-refractivity contribution in [2.75, 3.05) is 7.11 Å². The molecule has 0 N–H and O–H groups in total. The first kappa shape index (κ1) is 8.74. The van der Waals surface area contributed by atoms with Crippen LogP contribution < -0.4 is 4.74 Å². The van der Waals surface area contributed by atoms with E-state index in [0.29, 0.717) is 5.69 Å². The maximum atomic E-state index is 10.7. The lowest BCUT2D eigenvalue weighted by atomic mass is 10.2. The smallest absolute Gasteiger partial charge is 0.170 e. The number of para-hydroxylation sites is 1. The second-order valence-corrected chi connectivity index (χ2v) is 2.98. The van der Waals surface area contributed by atoms with Gasteiger partial charge in [-0.15, -0.1) is 0 Å². The van der Waals surface area contributed by atoms with E-state index in [2.05, 4.69) is 5.10 Å². The van der Waals surface area contributed by atoms with Crippen molar-refractivity contribution in [3.63, 3.8) is 0 Å². The lowest BCUT2D eigenvalue weighted by molar-refractivity contribution is 0.111. The third-order valence-corrected chi connectivity index (χ3v) is 2.19. The van der Waals surface area contributed by atoms with Gasteiger partial charge in [0.05, 0.1) is 7.11 Å². The number of aldehydes is 1. The molecule has 0 unspecified atom stereocenters. The van der Waals surface area contributed by atoms with Gasteiger partial charge in [0.25, 0.3) is 0 Å². The van der Waals surface area contributed by atoms with Crippen LogP contribution in [0, 0.1) is 0 Å². The van der Waals surface area contributed by atoms with Gasteiger partial charge in [0.1, 0.15) is 17.0 Å². The van der Waals surface area contributed by atoms with Gasteiger partial charge in [0.15, 0.2) is 6.29 Å². The number of aromatic nitrogens is 2. The number of nitrogens with zero attached hydrogens (tertiary/aromatic N) is 2. The number of ether oxygens (including phenoxy) is 1. The third-order valence-electron chi connectivity index (χ3n) is 2.19. The molecule has 1 heterocycles. The largest absolute Gasteiger partial charge is 0.494 e. The second kappa shape index (κ2) is 3.14. The summed E-state index contributed by atoms with van der Waals surface area (Å²) in [6.07, 6.45) is 0.752. The van der Waals surface area contributed by atoms with Crippen LogP contribution in [0.25, 0.3) is 10.9 Å². The number of hydrogen-bond acceptors (Lipinski definition) is 3. The molecule has 0 saturated heterocycles. The Labute approximate surface area is 81.1 Å². The van der Waals surface area contributed by atoms with E-state index in [-0.39, 0.29) is 0 Å². The van der Waals surface area contributed by atoms with Gasteiger partial charge in [-0.1, -0.05) is 12.1 Å². The first-order valence-corrected chi connectivity index (χ1v) is 4.23. The third kappa shape index (κ3) is 1.08. The van der Waals surface area contributed by atoms with Crippen molar-refractivity contribution in [3.8, 4) is 5.75 Å². The molecule has 1 aromatic heterocycles. The normalized spacial score (nSPS) is 10.4. The fourth-order valence-electron chi connectivity index (χ4n) is 1.58. The molecule has 0 atom stereocenters. The minimum atomic E-state index is 0.446. The highest BCUT2D eigenvalue weighted by Gasteiger charge is 2.10. The molecule has 0 bridgehead atoms. The van der Waals surface area contributed by atoms with Gasteiger partial charge in [-0.3, -0.25) is 9.48 Å². The SMILES string of the molecule is COc1cccc2c(C=O)nn(C)c12. The van der Waals surface area contributed by atoms with Gasteiger partial charge in [0.2, 0.25) is 0 Å². The zero-order valence-electron chi connectivity index (χ0n) is 8.02. The number of aryl methyl sites for hydroxylation is 1. The number of rotatable bonds is 2. The zero-order chi connectivity index (χ0) is 10.1. The Morgan fingerprint density at radius 1 is 1.50 bits per heavy atom. The average Bonchev–Trinajstić information content (AvgIpc) is 2.55. The minimum absolute atomic E-state index is 0.446. The number of carbonyl (C=O) groups is 1. The van der Waals surface area contributed by atoms with Crippen molar-refractivity contribution in [2.45, 2.75) is 0 Å². The monoisotopic (exact) mass is 190 g/mol. The van der Waals surface area contributed by atoms with Gasteiger partial charge in [-0.2, -0.15) is 5.10 Å². The molecule has 2 aromatic rings. The summed E-state index contributed by atoms with van der Waals surface area (Å²) in [6.45, 7) is 0. The Morgan fingerprint density at radius 2 is 2.29 bits per heavy atom.